The Morgan fingerprint density at radius 1 is 1.30 bits per heavy atom. The van der Waals surface area contributed by atoms with E-state index in [2.05, 4.69) is 46.8 Å². The van der Waals surface area contributed by atoms with E-state index in [4.69, 9.17) is 4.74 Å². The number of guanidine groups is 1. The van der Waals surface area contributed by atoms with Gasteiger partial charge in [-0.15, -0.1) is 24.0 Å². The Bertz CT molecular complexity index is 423. The molecule has 112 valence electrons. The third kappa shape index (κ3) is 5.66. The predicted octanol–water partition coefficient (Wildman–Crippen LogP) is 2.67. The highest BCUT2D eigenvalue weighted by molar-refractivity contribution is 14.0. The van der Waals surface area contributed by atoms with Gasteiger partial charge in [-0.25, -0.2) is 0 Å². The minimum absolute atomic E-state index is 0. The van der Waals surface area contributed by atoms with Crippen molar-refractivity contribution in [3.8, 4) is 0 Å². The molecule has 0 radical (unpaired) electrons. The maximum atomic E-state index is 5.63. The number of halogens is 1. The zero-order valence-electron chi connectivity index (χ0n) is 12.0. The topological polar surface area (TPSA) is 45.6 Å². The zero-order chi connectivity index (χ0) is 13.3. The van der Waals surface area contributed by atoms with Gasteiger partial charge in [0.25, 0.3) is 0 Å². The van der Waals surface area contributed by atoms with Crippen LogP contribution in [0.2, 0.25) is 0 Å². The largest absolute Gasteiger partial charge is 0.377 e. The lowest BCUT2D eigenvalue weighted by Gasteiger charge is -2.17. The fraction of sp³-hybridized carbons (Fsp3) is 0.533. The van der Waals surface area contributed by atoms with Gasteiger partial charge < -0.3 is 15.4 Å². The molecule has 1 aromatic rings. The molecule has 4 nitrogen and oxygen atoms in total. The molecule has 0 saturated heterocycles. The van der Waals surface area contributed by atoms with E-state index in [-0.39, 0.29) is 24.0 Å². The summed E-state index contributed by atoms with van der Waals surface area (Å²) in [5.41, 5.74) is 2.52. The molecule has 1 aliphatic heterocycles. The predicted molar refractivity (Wildman–Crippen MR) is 93.6 cm³/mol. The lowest BCUT2D eigenvalue weighted by atomic mass is 10.1. The van der Waals surface area contributed by atoms with Crippen LogP contribution in [0.5, 0.6) is 0 Å². The normalized spacial score (nSPS) is 13.9. The summed E-state index contributed by atoms with van der Waals surface area (Å²) in [5.74, 6) is 0.913. The summed E-state index contributed by atoms with van der Waals surface area (Å²) in [7, 11) is 0. The van der Waals surface area contributed by atoms with Gasteiger partial charge in [-0.05, 0) is 24.0 Å². The molecular formula is C15H24IN3O. The first-order chi connectivity index (χ1) is 9.40. The second-order valence-electron chi connectivity index (χ2n) is 4.69. The van der Waals surface area contributed by atoms with E-state index in [1.165, 1.54) is 11.1 Å². The van der Waals surface area contributed by atoms with Crippen LogP contribution in [0.1, 0.15) is 30.9 Å². The summed E-state index contributed by atoms with van der Waals surface area (Å²) in [5, 5.41) is 6.62. The molecule has 0 bridgehead atoms. The van der Waals surface area contributed by atoms with Crippen LogP contribution in [-0.2, 0) is 17.9 Å². The van der Waals surface area contributed by atoms with Crippen LogP contribution in [0.15, 0.2) is 29.3 Å². The third-order valence-corrected chi connectivity index (χ3v) is 3.07. The molecule has 20 heavy (non-hydrogen) atoms. The van der Waals surface area contributed by atoms with Gasteiger partial charge in [0.15, 0.2) is 5.96 Å². The fourth-order valence-corrected chi connectivity index (χ4v) is 2.03. The van der Waals surface area contributed by atoms with Gasteiger partial charge in [0.05, 0.1) is 6.61 Å². The summed E-state index contributed by atoms with van der Waals surface area (Å²) in [6.07, 6.45) is 2.17. The number of benzene rings is 1. The number of ether oxygens (including phenoxy) is 1. The first-order valence-electron chi connectivity index (χ1n) is 7.07. The second kappa shape index (κ2) is 9.99. The summed E-state index contributed by atoms with van der Waals surface area (Å²) < 4.78 is 5.63. The molecule has 0 aliphatic carbocycles. The molecule has 1 aliphatic rings. The molecule has 2 N–H and O–H groups in total. The van der Waals surface area contributed by atoms with Gasteiger partial charge in [-0.1, -0.05) is 31.2 Å². The minimum atomic E-state index is 0. The number of nitrogens with one attached hydrogen (secondary N) is 2. The lowest BCUT2D eigenvalue weighted by Crippen LogP contribution is -2.40. The highest BCUT2D eigenvalue weighted by Gasteiger charge is 2.05. The Balaban J connectivity index is 0.00000200. The molecule has 0 spiro atoms. The second-order valence-corrected chi connectivity index (χ2v) is 4.69. The van der Waals surface area contributed by atoms with Crippen LogP contribution >= 0.6 is 24.0 Å². The number of nitrogens with zero attached hydrogens (tertiary/aromatic N) is 1. The van der Waals surface area contributed by atoms with E-state index in [9.17, 15) is 0 Å². The van der Waals surface area contributed by atoms with Crippen molar-refractivity contribution in [2.45, 2.75) is 32.9 Å². The van der Waals surface area contributed by atoms with Crippen LogP contribution in [0.25, 0.3) is 0 Å². The maximum Gasteiger partial charge on any atom is 0.191 e. The van der Waals surface area contributed by atoms with E-state index in [0.29, 0.717) is 6.61 Å². The quantitative estimate of drug-likeness (QED) is 0.581. The molecule has 0 saturated carbocycles. The van der Waals surface area contributed by atoms with Crippen LogP contribution in [0, 0.1) is 0 Å². The Morgan fingerprint density at radius 3 is 2.80 bits per heavy atom. The summed E-state index contributed by atoms with van der Waals surface area (Å²) in [6, 6.07) is 8.39. The summed E-state index contributed by atoms with van der Waals surface area (Å²) >= 11 is 0. The SMILES string of the molecule is CCCOCc1ccccc1CNC1=NCCCN1.I. The lowest BCUT2D eigenvalue weighted by molar-refractivity contribution is 0.121. The number of aliphatic imine (C=N–C) groups is 1. The van der Waals surface area contributed by atoms with E-state index in [1.807, 2.05) is 0 Å². The smallest absolute Gasteiger partial charge is 0.191 e. The van der Waals surface area contributed by atoms with E-state index < -0.39 is 0 Å². The van der Waals surface area contributed by atoms with Gasteiger partial charge >= 0.3 is 0 Å². The molecular weight excluding hydrogens is 365 g/mol. The van der Waals surface area contributed by atoms with Gasteiger partial charge in [0.2, 0.25) is 0 Å². The van der Waals surface area contributed by atoms with Gasteiger partial charge in [-0.2, -0.15) is 0 Å². The summed E-state index contributed by atoms with van der Waals surface area (Å²) in [6.45, 7) is 6.34. The number of hydrogen-bond donors (Lipinski definition) is 2. The van der Waals surface area contributed by atoms with E-state index in [1.54, 1.807) is 0 Å². The molecule has 5 heteroatoms. The Morgan fingerprint density at radius 2 is 2.10 bits per heavy atom. The van der Waals surface area contributed by atoms with Crippen LogP contribution in [0.3, 0.4) is 0 Å². The van der Waals surface area contributed by atoms with Crippen LogP contribution < -0.4 is 10.6 Å². The molecule has 0 atom stereocenters. The van der Waals surface area contributed by atoms with Crippen molar-refractivity contribution in [2.75, 3.05) is 19.7 Å². The zero-order valence-corrected chi connectivity index (χ0v) is 14.4. The molecule has 1 heterocycles. The molecule has 1 aromatic carbocycles. The summed E-state index contributed by atoms with van der Waals surface area (Å²) in [4.78, 5) is 4.41. The molecule has 0 amide bonds. The van der Waals surface area contributed by atoms with Gasteiger partial charge in [0, 0.05) is 26.2 Å². The monoisotopic (exact) mass is 389 g/mol. The van der Waals surface area contributed by atoms with Crippen molar-refractivity contribution in [3.63, 3.8) is 0 Å². The third-order valence-electron chi connectivity index (χ3n) is 3.07. The number of hydrogen-bond acceptors (Lipinski definition) is 4. The number of rotatable bonds is 6. The van der Waals surface area contributed by atoms with Crippen LogP contribution in [-0.4, -0.2) is 25.7 Å². The minimum Gasteiger partial charge on any atom is -0.377 e. The standard InChI is InChI=1S/C15H23N3O.HI/c1-2-10-19-12-14-7-4-3-6-13(14)11-18-15-16-8-5-9-17-15;/h3-4,6-7H,2,5,8-12H2,1H3,(H2,16,17,18);1H. The molecule has 2 rings (SSSR count). The average Bonchev–Trinajstić information content (AvgIpc) is 2.48. The van der Waals surface area contributed by atoms with Crippen molar-refractivity contribution in [3.05, 3.63) is 35.4 Å². The van der Waals surface area contributed by atoms with Crippen molar-refractivity contribution in [1.29, 1.82) is 0 Å². The van der Waals surface area contributed by atoms with E-state index in [0.717, 1.165) is 45.0 Å². The van der Waals surface area contributed by atoms with Gasteiger partial charge in [0.1, 0.15) is 0 Å². The highest BCUT2D eigenvalue weighted by Crippen LogP contribution is 2.10. The van der Waals surface area contributed by atoms with Crippen molar-refractivity contribution < 1.29 is 4.74 Å². The van der Waals surface area contributed by atoms with E-state index >= 15 is 0 Å². The van der Waals surface area contributed by atoms with Crippen molar-refractivity contribution in [2.24, 2.45) is 4.99 Å². The van der Waals surface area contributed by atoms with Gasteiger partial charge in [-0.3, -0.25) is 4.99 Å². The average molecular weight is 389 g/mol. The maximum absolute atomic E-state index is 5.63. The van der Waals surface area contributed by atoms with Crippen molar-refractivity contribution in [1.82, 2.24) is 10.6 Å². The Labute approximate surface area is 138 Å². The molecule has 0 aromatic heterocycles. The first-order valence-corrected chi connectivity index (χ1v) is 7.07. The van der Waals surface area contributed by atoms with Crippen molar-refractivity contribution >= 4 is 29.9 Å². The highest BCUT2D eigenvalue weighted by atomic mass is 127. The van der Waals surface area contributed by atoms with Crippen LogP contribution in [0.4, 0.5) is 0 Å². The molecule has 0 unspecified atom stereocenters. The first kappa shape index (κ1) is 17.2. The Hall–Kier alpha value is -0.820. The Kier molecular flexibility index (Phi) is 8.60. The molecule has 0 fully saturated rings. The fourth-order valence-electron chi connectivity index (χ4n) is 2.03.